The van der Waals surface area contributed by atoms with Crippen LogP contribution in [0.3, 0.4) is 0 Å². The molecule has 1 saturated heterocycles. The summed E-state index contributed by atoms with van der Waals surface area (Å²) in [5.41, 5.74) is 6.48. The molecule has 0 unspecified atom stereocenters. The molecule has 0 amide bonds. The molecular weight excluding hydrogens is 503 g/mol. The van der Waals surface area contributed by atoms with Crippen molar-refractivity contribution in [1.82, 2.24) is 9.47 Å². The van der Waals surface area contributed by atoms with E-state index in [0.717, 1.165) is 28.8 Å². The molecule has 1 fully saturated rings. The summed E-state index contributed by atoms with van der Waals surface area (Å²) >= 11 is 0. The molecule has 1 aromatic heterocycles. The van der Waals surface area contributed by atoms with Gasteiger partial charge in [-0.2, -0.15) is 0 Å². The highest BCUT2D eigenvalue weighted by molar-refractivity contribution is 5.87. The van der Waals surface area contributed by atoms with Gasteiger partial charge in [-0.05, 0) is 114 Å². The maximum absolute atomic E-state index is 11.9. The van der Waals surface area contributed by atoms with Crippen LogP contribution in [0.1, 0.15) is 71.4 Å². The number of likely N-dealkylation sites (tertiary alicyclic amines) is 1. The molecule has 218 valence electrons. The van der Waals surface area contributed by atoms with Crippen molar-refractivity contribution in [3.63, 3.8) is 0 Å². The largest absolute Gasteiger partial charge is 0.522 e. The Balaban J connectivity index is 0.000000411. The maximum atomic E-state index is 11.9. The second kappa shape index (κ2) is 14.8. The molecule has 2 aromatic rings. The van der Waals surface area contributed by atoms with Gasteiger partial charge in [-0.3, -0.25) is 14.5 Å². The van der Waals surface area contributed by atoms with Gasteiger partial charge in [0.2, 0.25) is 0 Å². The number of nitrogens with zero attached hydrogens (tertiary/aromatic N) is 3. The molecule has 2 heterocycles. The molecule has 1 aliphatic rings. The van der Waals surface area contributed by atoms with Crippen molar-refractivity contribution in [1.29, 1.82) is 0 Å². The lowest BCUT2D eigenvalue weighted by molar-refractivity contribution is -0.325. The highest BCUT2D eigenvalue weighted by Gasteiger charge is 2.28. The van der Waals surface area contributed by atoms with E-state index < -0.39 is 6.36 Å². The third-order valence-corrected chi connectivity index (χ3v) is 7.61. The summed E-state index contributed by atoms with van der Waals surface area (Å²) in [6.07, 6.45) is 1.19. The van der Waals surface area contributed by atoms with Crippen molar-refractivity contribution in [2.24, 2.45) is 23.9 Å². The molecule has 1 aliphatic heterocycles. The van der Waals surface area contributed by atoms with Gasteiger partial charge in [-0.1, -0.05) is 26.3 Å². The van der Waals surface area contributed by atoms with E-state index in [0.29, 0.717) is 24.3 Å². The first kappa shape index (κ1) is 32.8. The molecule has 0 spiro atoms. The summed E-state index contributed by atoms with van der Waals surface area (Å²) in [7, 11) is 1.80. The number of pyridine rings is 1. The van der Waals surface area contributed by atoms with Crippen LogP contribution in [0, 0.1) is 25.7 Å². The highest BCUT2D eigenvalue weighted by Crippen LogP contribution is 2.28. The van der Waals surface area contributed by atoms with Crippen molar-refractivity contribution in [2.75, 3.05) is 19.7 Å². The number of benzene rings is 1. The molecule has 39 heavy (non-hydrogen) atoms. The van der Waals surface area contributed by atoms with E-state index in [1.54, 1.807) is 11.6 Å². The number of rotatable bonds is 8. The van der Waals surface area contributed by atoms with E-state index in [2.05, 4.69) is 55.5 Å². The number of ether oxygens (including phenoxy) is 1. The quantitative estimate of drug-likeness (QED) is 0.315. The van der Waals surface area contributed by atoms with Crippen LogP contribution >= 0.6 is 0 Å². The molecule has 0 N–H and O–H groups in total. The molecule has 0 saturated carbocycles. The fraction of sp³-hybridized carbons (Fsp3) is 0.613. The number of hydrogen-bond donors (Lipinski definition) is 0. The van der Waals surface area contributed by atoms with Gasteiger partial charge >= 0.3 is 6.36 Å². The summed E-state index contributed by atoms with van der Waals surface area (Å²) in [5.74, 6) is 0.887. The Morgan fingerprint density at radius 2 is 1.69 bits per heavy atom. The van der Waals surface area contributed by atoms with Crippen molar-refractivity contribution in [3.05, 3.63) is 51.9 Å². The van der Waals surface area contributed by atoms with Crippen LogP contribution in [-0.4, -0.2) is 47.3 Å². The Labute approximate surface area is 232 Å². The van der Waals surface area contributed by atoms with Crippen molar-refractivity contribution in [2.45, 2.75) is 86.6 Å². The minimum absolute atomic E-state index is 0.0563. The summed E-state index contributed by atoms with van der Waals surface area (Å²) in [5, 5.41) is 0. The number of aromatic nitrogens is 1. The third kappa shape index (κ3) is 10.6. The first-order chi connectivity index (χ1) is 18.2. The lowest BCUT2D eigenvalue weighted by atomic mass is 9.92. The Kier molecular flexibility index (Phi) is 12.4. The molecule has 1 aromatic carbocycles. The Morgan fingerprint density at radius 3 is 2.21 bits per heavy atom. The molecule has 8 heteroatoms. The molecule has 5 nitrogen and oxygen atoms in total. The molecule has 1 atom stereocenters. The number of halogens is 3. The van der Waals surface area contributed by atoms with Gasteiger partial charge in [0.1, 0.15) is 0 Å². The van der Waals surface area contributed by atoms with Crippen LogP contribution in [0.25, 0.3) is 11.1 Å². The van der Waals surface area contributed by atoms with Crippen LogP contribution in [0.4, 0.5) is 18.9 Å². The zero-order valence-electron chi connectivity index (χ0n) is 24.9. The molecule has 0 radical (unpaired) electrons. The topological polar surface area (TPSA) is 46.8 Å². The number of aryl methyl sites for hydroxylation is 3. The maximum Gasteiger partial charge on any atom is 0.522 e. The lowest BCUT2D eigenvalue weighted by Gasteiger charge is -2.34. The lowest BCUT2D eigenvalue weighted by Crippen LogP contribution is -2.39. The van der Waals surface area contributed by atoms with Gasteiger partial charge in [0, 0.05) is 30.6 Å². The standard InChI is InChI=1S/C24H33N3O.C7H13F3O/c1-16(2)27-11-9-20(10-12-27)19(5)25-23-8-7-21(13-17(23)3)22-14-18(4)24(28)26(6)15-22;1-3-6(2)4-5-11-7(8,9)10/h7-8,13-16,20H,9-12H2,1-6H3;6H,3-5H2,1-2H3/t;6-/m.1/s1. The molecule has 3 rings (SSSR count). The van der Waals surface area contributed by atoms with Crippen molar-refractivity contribution in [3.8, 4) is 11.1 Å². The van der Waals surface area contributed by atoms with Crippen molar-refractivity contribution >= 4 is 11.4 Å². The minimum Gasteiger partial charge on any atom is -0.318 e. The van der Waals surface area contributed by atoms with Crippen molar-refractivity contribution < 1.29 is 17.9 Å². The third-order valence-electron chi connectivity index (χ3n) is 7.61. The first-order valence-electron chi connectivity index (χ1n) is 14.0. The van der Waals surface area contributed by atoms with E-state index in [-0.39, 0.29) is 12.2 Å². The number of piperidine rings is 1. The minimum atomic E-state index is -4.46. The predicted molar refractivity (Wildman–Crippen MR) is 155 cm³/mol. The second-order valence-electron chi connectivity index (χ2n) is 11.1. The van der Waals surface area contributed by atoms with Crippen LogP contribution in [-0.2, 0) is 11.8 Å². The van der Waals surface area contributed by atoms with Crippen LogP contribution in [0.5, 0.6) is 0 Å². The number of hydrogen-bond acceptors (Lipinski definition) is 4. The predicted octanol–water partition coefficient (Wildman–Crippen LogP) is 7.84. The van der Waals surface area contributed by atoms with E-state index in [4.69, 9.17) is 4.99 Å². The normalized spacial score (nSPS) is 16.3. The summed E-state index contributed by atoms with van der Waals surface area (Å²) in [6, 6.07) is 8.99. The number of aliphatic imine (C=N–C) groups is 1. The smallest absolute Gasteiger partial charge is 0.318 e. The van der Waals surface area contributed by atoms with Gasteiger partial charge in [0.25, 0.3) is 5.56 Å². The fourth-order valence-electron chi connectivity index (χ4n) is 4.69. The summed E-state index contributed by atoms with van der Waals surface area (Å²) < 4.78 is 39.4. The average Bonchev–Trinajstić information content (AvgIpc) is 2.87. The van der Waals surface area contributed by atoms with Gasteiger partial charge in [-0.25, -0.2) is 0 Å². The average molecular weight is 550 g/mol. The first-order valence-corrected chi connectivity index (χ1v) is 14.0. The second-order valence-corrected chi connectivity index (χ2v) is 11.1. The Bertz CT molecular complexity index is 1120. The molecular formula is C31H46F3N3O2. The van der Waals surface area contributed by atoms with Gasteiger partial charge in [-0.15, -0.1) is 13.2 Å². The van der Waals surface area contributed by atoms with Crippen LogP contribution < -0.4 is 5.56 Å². The van der Waals surface area contributed by atoms with E-state index in [1.807, 2.05) is 33.0 Å². The molecule has 0 aliphatic carbocycles. The summed E-state index contributed by atoms with van der Waals surface area (Å²) in [6.45, 7) is 16.7. The fourth-order valence-corrected chi connectivity index (χ4v) is 4.69. The highest BCUT2D eigenvalue weighted by atomic mass is 19.4. The van der Waals surface area contributed by atoms with Crippen LogP contribution in [0.15, 0.2) is 40.2 Å². The number of alkyl halides is 3. The van der Waals surface area contributed by atoms with E-state index in [1.165, 1.54) is 37.2 Å². The Morgan fingerprint density at radius 1 is 1.08 bits per heavy atom. The van der Waals surface area contributed by atoms with Gasteiger partial charge in [0.15, 0.2) is 0 Å². The van der Waals surface area contributed by atoms with Gasteiger partial charge in [0.05, 0.1) is 12.3 Å². The summed E-state index contributed by atoms with van der Waals surface area (Å²) in [4.78, 5) is 19.5. The zero-order valence-corrected chi connectivity index (χ0v) is 24.9. The Hall–Kier alpha value is -2.45. The SMILES string of the molecule is CC(=Nc1ccc(-c2cc(C)c(=O)n(C)c2)cc1C)C1CCN(C(C)C)CC1.CC[C@@H](C)CCOC(F)(F)F. The van der Waals surface area contributed by atoms with Gasteiger partial charge < -0.3 is 9.47 Å². The molecule has 0 bridgehead atoms. The van der Waals surface area contributed by atoms with E-state index >= 15 is 0 Å². The zero-order chi connectivity index (χ0) is 29.3. The monoisotopic (exact) mass is 549 g/mol. The van der Waals surface area contributed by atoms with E-state index in [9.17, 15) is 18.0 Å². The van der Waals surface area contributed by atoms with Crippen LogP contribution in [0.2, 0.25) is 0 Å².